The number of hydrogen-bond acceptors (Lipinski definition) is 8. The highest BCUT2D eigenvalue weighted by atomic mass is 32.2. The van der Waals surface area contributed by atoms with Crippen molar-refractivity contribution in [3.05, 3.63) is 35.7 Å². The fourth-order valence-corrected chi connectivity index (χ4v) is 6.25. The summed E-state index contributed by atoms with van der Waals surface area (Å²) in [5, 5.41) is 20.7. The van der Waals surface area contributed by atoms with E-state index in [4.69, 9.17) is 0 Å². The van der Waals surface area contributed by atoms with E-state index in [1.807, 2.05) is 6.07 Å². The Labute approximate surface area is 198 Å². The van der Waals surface area contributed by atoms with Gasteiger partial charge in [0, 0.05) is 29.4 Å². The number of H-pyrrole nitrogens is 1. The molecule has 3 heterocycles. The summed E-state index contributed by atoms with van der Waals surface area (Å²) in [4.78, 5) is 9.64. The van der Waals surface area contributed by atoms with Gasteiger partial charge in [-0.2, -0.15) is 5.10 Å². The minimum atomic E-state index is -3.36. The van der Waals surface area contributed by atoms with Crippen molar-refractivity contribution in [1.82, 2.24) is 20.2 Å². The maximum absolute atomic E-state index is 12.8. The second kappa shape index (κ2) is 9.15. The molecule has 1 fully saturated rings. The molecule has 1 aliphatic rings. The summed E-state index contributed by atoms with van der Waals surface area (Å²) < 4.78 is 25.9. The standard InChI is InChI=1S/C23H31N5O3S2/c1-14(29)16-13-24-22(26-21(16)25-19-12-17(27-28-19)15-6-7-15)18-8-9-20(32-18)33(30,31)11-5-10-23(2,3)4/h8-9,12-15,29H,5-7,10-11H2,1-4H3,(H2,24,25,26,27,28). The number of rotatable bonds is 9. The van der Waals surface area contributed by atoms with E-state index in [0.29, 0.717) is 44.4 Å². The van der Waals surface area contributed by atoms with E-state index in [2.05, 4.69) is 46.3 Å². The van der Waals surface area contributed by atoms with E-state index < -0.39 is 15.9 Å². The summed E-state index contributed by atoms with van der Waals surface area (Å²) in [6.07, 6.45) is 4.60. The van der Waals surface area contributed by atoms with Crippen LogP contribution in [0, 0.1) is 5.41 Å². The van der Waals surface area contributed by atoms with E-state index in [0.717, 1.165) is 25.0 Å². The van der Waals surface area contributed by atoms with Crippen LogP contribution in [0.2, 0.25) is 0 Å². The van der Waals surface area contributed by atoms with E-state index in [9.17, 15) is 13.5 Å². The van der Waals surface area contributed by atoms with Gasteiger partial charge in [-0.05, 0) is 50.2 Å². The molecule has 0 saturated heterocycles. The van der Waals surface area contributed by atoms with Gasteiger partial charge in [-0.25, -0.2) is 18.4 Å². The van der Waals surface area contributed by atoms with Crippen LogP contribution >= 0.6 is 11.3 Å². The molecule has 0 aromatic carbocycles. The molecule has 3 aromatic heterocycles. The smallest absolute Gasteiger partial charge is 0.187 e. The average Bonchev–Trinajstić information content (AvgIpc) is 3.25. The van der Waals surface area contributed by atoms with Gasteiger partial charge in [0.25, 0.3) is 0 Å². The monoisotopic (exact) mass is 489 g/mol. The van der Waals surface area contributed by atoms with Crippen molar-refractivity contribution in [2.24, 2.45) is 5.41 Å². The lowest BCUT2D eigenvalue weighted by Gasteiger charge is -2.17. The minimum absolute atomic E-state index is 0.104. The highest BCUT2D eigenvalue weighted by molar-refractivity contribution is 7.93. The molecule has 1 saturated carbocycles. The number of aliphatic hydroxyl groups is 1. The van der Waals surface area contributed by atoms with Crippen LogP contribution in [-0.2, 0) is 9.84 Å². The van der Waals surface area contributed by atoms with Crippen LogP contribution in [0.5, 0.6) is 0 Å². The van der Waals surface area contributed by atoms with Crippen LogP contribution in [0.3, 0.4) is 0 Å². The Morgan fingerprint density at radius 2 is 2.06 bits per heavy atom. The maximum Gasteiger partial charge on any atom is 0.187 e. The lowest BCUT2D eigenvalue weighted by molar-refractivity contribution is 0.199. The Morgan fingerprint density at radius 3 is 2.73 bits per heavy atom. The van der Waals surface area contributed by atoms with Gasteiger partial charge in [0.2, 0.25) is 0 Å². The average molecular weight is 490 g/mol. The molecule has 1 aliphatic carbocycles. The van der Waals surface area contributed by atoms with Crippen LogP contribution in [0.15, 0.2) is 28.6 Å². The highest BCUT2D eigenvalue weighted by Gasteiger charge is 2.26. The third-order valence-corrected chi connectivity index (χ3v) is 9.04. The van der Waals surface area contributed by atoms with Gasteiger partial charge >= 0.3 is 0 Å². The van der Waals surface area contributed by atoms with Crippen molar-refractivity contribution < 1.29 is 13.5 Å². The fourth-order valence-electron chi connectivity index (χ4n) is 3.54. The zero-order chi connectivity index (χ0) is 23.8. The molecule has 33 heavy (non-hydrogen) atoms. The SMILES string of the molecule is CC(O)c1cnc(-c2ccc(S(=O)(=O)CCCC(C)(C)C)s2)nc1Nc1cc(C2CC2)[nH]n1. The Morgan fingerprint density at radius 1 is 1.30 bits per heavy atom. The predicted molar refractivity (Wildman–Crippen MR) is 131 cm³/mol. The van der Waals surface area contributed by atoms with Gasteiger partial charge in [-0.3, -0.25) is 5.10 Å². The Kier molecular flexibility index (Phi) is 6.61. The zero-order valence-electron chi connectivity index (χ0n) is 19.4. The van der Waals surface area contributed by atoms with Gasteiger partial charge in [0.05, 0.1) is 16.7 Å². The zero-order valence-corrected chi connectivity index (χ0v) is 21.1. The molecule has 0 radical (unpaired) electrons. The van der Waals surface area contributed by atoms with Gasteiger partial charge in [-0.15, -0.1) is 11.3 Å². The normalized spacial score (nSPS) is 15.5. The van der Waals surface area contributed by atoms with E-state index in [-0.39, 0.29) is 11.2 Å². The number of hydrogen-bond donors (Lipinski definition) is 3. The summed E-state index contributed by atoms with van der Waals surface area (Å²) in [5.41, 5.74) is 1.73. The molecule has 0 amide bonds. The third kappa shape index (κ3) is 5.99. The molecule has 4 rings (SSSR count). The lowest BCUT2D eigenvalue weighted by atomic mass is 9.91. The molecule has 3 N–H and O–H groups in total. The van der Waals surface area contributed by atoms with Crippen LogP contribution in [-0.4, -0.2) is 39.4 Å². The molecule has 0 aliphatic heterocycles. The molecule has 10 heteroatoms. The summed E-state index contributed by atoms with van der Waals surface area (Å²) in [6, 6.07) is 5.32. The van der Waals surface area contributed by atoms with Gasteiger partial charge < -0.3 is 10.4 Å². The first-order chi connectivity index (χ1) is 15.5. The summed E-state index contributed by atoms with van der Waals surface area (Å²) >= 11 is 1.17. The number of nitrogens with one attached hydrogen (secondary N) is 2. The topological polar surface area (TPSA) is 121 Å². The molecular weight excluding hydrogens is 458 g/mol. The first kappa shape index (κ1) is 23.8. The van der Waals surface area contributed by atoms with Crippen molar-refractivity contribution in [2.75, 3.05) is 11.1 Å². The largest absolute Gasteiger partial charge is 0.389 e. The molecule has 178 valence electrons. The molecule has 0 bridgehead atoms. The number of sulfone groups is 1. The van der Waals surface area contributed by atoms with Crippen molar-refractivity contribution >= 4 is 32.8 Å². The van der Waals surface area contributed by atoms with E-state index in [1.54, 1.807) is 25.3 Å². The van der Waals surface area contributed by atoms with Crippen LogP contribution < -0.4 is 5.32 Å². The number of nitrogens with zero attached hydrogens (tertiary/aromatic N) is 3. The molecular formula is C23H31N5O3S2. The van der Waals surface area contributed by atoms with Crippen LogP contribution in [0.1, 0.15) is 76.7 Å². The second-order valence-electron chi connectivity index (χ2n) is 9.88. The van der Waals surface area contributed by atoms with Crippen LogP contribution in [0.25, 0.3) is 10.7 Å². The number of thiophene rings is 1. The second-order valence-corrected chi connectivity index (χ2v) is 13.3. The third-order valence-electron chi connectivity index (χ3n) is 5.58. The van der Waals surface area contributed by atoms with Crippen molar-refractivity contribution in [3.8, 4) is 10.7 Å². The predicted octanol–water partition coefficient (Wildman–Crippen LogP) is 5.20. The number of aromatic nitrogens is 4. The molecule has 3 aromatic rings. The summed E-state index contributed by atoms with van der Waals surface area (Å²) in [6.45, 7) is 7.98. The highest BCUT2D eigenvalue weighted by Crippen LogP contribution is 2.40. The van der Waals surface area contributed by atoms with Crippen molar-refractivity contribution in [1.29, 1.82) is 0 Å². The number of aliphatic hydroxyl groups excluding tert-OH is 1. The van der Waals surface area contributed by atoms with E-state index >= 15 is 0 Å². The lowest BCUT2D eigenvalue weighted by Crippen LogP contribution is -2.10. The summed E-state index contributed by atoms with van der Waals surface area (Å²) in [7, 11) is -3.36. The fraction of sp³-hybridized carbons (Fsp3) is 0.522. The van der Waals surface area contributed by atoms with Gasteiger partial charge in [-0.1, -0.05) is 20.8 Å². The first-order valence-electron chi connectivity index (χ1n) is 11.2. The molecule has 1 unspecified atom stereocenters. The Hall–Kier alpha value is -2.30. The number of aromatic amines is 1. The number of anilines is 2. The van der Waals surface area contributed by atoms with E-state index in [1.165, 1.54) is 11.3 Å². The molecule has 0 spiro atoms. The van der Waals surface area contributed by atoms with Gasteiger partial charge in [0.1, 0.15) is 10.0 Å². The Balaban J connectivity index is 1.55. The minimum Gasteiger partial charge on any atom is -0.389 e. The molecule has 8 nitrogen and oxygen atoms in total. The van der Waals surface area contributed by atoms with Gasteiger partial charge in [0.15, 0.2) is 21.5 Å². The van der Waals surface area contributed by atoms with Crippen molar-refractivity contribution in [3.63, 3.8) is 0 Å². The molecule has 1 atom stereocenters. The Bertz CT molecular complexity index is 1220. The van der Waals surface area contributed by atoms with Crippen molar-refractivity contribution in [2.45, 2.75) is 69.6 Å². The quantitative estimate of drug-likeness (QED) is 0.377. The first-order valence-corrected chi connectivity index (χ1v) is 13.7. The maximum atomic E-state index is 12.8. The summed E-state index contributed by atoms with van der Waals surface area (Å²) in [5.74, 6) is 2.14. The van der Waals surface area contributed by atoms with Crippen LogP contribution in [0.4, 0.5) is 11.6 Å².